The Hall–Kier alpha value is -1.60. The molecule has 1 aromatic rings. The highest BCUT2D eigenvalue weighted by molar-refractivity contribution is 7.88. The first-order valence-corrected chi connectivity index (χ1v) is 8.65. The molecule has 0 aliphatic carbocycles. The van der Waals surface area contributed by atoms with Gasteiger partial charge in [0.2, 0.25) is 10.0 Å². The molecule has 1 N–H and O–H groups in total. The number of hydrogen-bond donors (Lipinski definition) is 1. The highest BCUT2D eigenvalue weighted by Crippen LogP contribution is 2.20. The molecule has 7 heteroatoms. The van der Waals surface area contributed by atoms with Crippen LogP contribution in [-0.4, -0.2) is 51.1 Å². The third kappa shape index (κ3) is 3.95. The van der Waals surface area contributed by atoms with Crippen LogP contribution in [0.4, 0.5) is 0 Å². The van der Waals surface area contributed by atoms with E-state index in [1.54, 1.807) is 31.4 Å². The molecule has 1 unspecified atom stereocenters. The summed E-state index contributed by atoms with van der Waals surface area (Å²) in [5.41, 5.74) is 0.498. The fourth-order valence-electron chi connectivity index (χ4n) is 2.53. The van der Waals surface area contributed by atoms with Gasteiger partial charge in [0.15, 0.2) is 0 Å². The second-order valence-electron chi connectivity index (χ2n) is 5.11. The number of rotatable bonds is 5. The van der Waals surface area contributed by atoms with E-state index >= 15 is 0 Å². The van der Waals surface area contributed by atoms with E-state index in [2.05, 4.69) is 5.32 Å². The van der Waals surface area contributed by atoms with Crippen LogP contribution in [0.1, 0.15) is 23.2 Å². The molecule has 21 heavy (non-hydrogen) atoms. The monoisotopic (exact) mass is 312 g/mol. The first-order chi connectivity index (χ1) is 9.91. The molecular formula is C14H20N2O4S. The van der Waals surface area contributed by atoms with E-state index < -0.39 is 10.0 Å². The van der Waals surface area contributed by atoms with Gasteiger partial charge in [0.25, 0.3) is 5.91 Å². The van der Waals surface area contributed by atoms with Crippen LogP contribution in [0, 0.1) is 0 Å². The second-order valence-corrected chi connectivity index (χ2v) is 7.05. The molecule has 1 aliphatic rings. The number of benzene rings is 1. The van der Waals surface area contributed by atoms with Crippen molar-refractivity contribution < 1.29 is 17.9 Å². The smallest absolute Gasteiger partial charge is 0.251 e. The predicted molar refractivity (Wildman–Crippen MR) is 79.9 cm³/mol. The van der Waals surface area contributed by atoms with Crippen molar-refractivity contribution in [1.82, 2.24) is 9.62 Å². The highest BCUT2D eigenvalue weighted by atomic mass is 32.2. The van der Waals surface area contributed by atoms with Gasteiger partial charge in [0, 0.05) is 24.7 Å². The molecule has 0 aromatic heterocycles. The number of amides is 1. The van der Waals surface area contributed by atoms with Crippen molar-refractivity contribution in [3.63, 3.8) is 0 Å². The van der Waals surface area contributed by atoms with E-state index in [1.165, 1.54) is 10.6 Å². The van der Waals surface area contributed by atoms with Gasteiger partial charge >= 0.3 is 0 Å². The maximum atomic E-state index is 12.1. The lowest BCUT2D eigenvalue weighted by Crippen LogP contribution is -2.42. The van der Waals surface area contributed by atoms with E-state index in [1.807, 2.05) is 0 Å². The van der Waals surface area contributed by atoms with E-state index in [0.29, 0.717) is 24.4 Å². The molecule has 0 radical (unpaired) electrons. The third-order valence-electron chi connectivity index (χ3n) is 3.58. The summed E-state index contributed by atoms with van der Waals surface area (Å²) in [4.78, 5) is 12.1. The zero-order valence-corrected chi connectivity index (χ0v) is 13.0. The number of ether oxygens (including phenoxy) is 1. The molecule has 0 bridgehead atoms. The van der Waals surface area contributed by atoms with Gasteiger partial charge in [-0.2, -0.15) is 4.31 Å². The van der Waals surface area contributed by atoms with Crippen LogP contribution in [0.5, 0.6) is 5.75 Å². The Morgan fingerprint density at radius 1 is 1.48 bits per heavy atom. The fourth-order valence-corrected chi connectivity index (χ4v) is 3.71. The number of methoxy groups -OCH3 is 1. The van der Waals surface area contributed by atoms with Crippen LogP contribution in [0.2, 0.25) is 0 Å². The van der Waals surface area contributed by atoms with Gasteiger partial charge in [0.05, 0.1) is 13.4 Å². The topological polar surface area (TPSA) is 75.7 Å². The quantitative estimate of drug-likeness (QED) is 0.874. The zero-order chi connectivity index (χ0) is 15.5. The van der Waals surface area contributed by atoms with Crippen molar-refractivity contribution in [2.75, 3.05) is 26.5 Å². The number of carbonyl (C=O) groups excluding carboxylic acids is 1. The van der Waals surface area contributed by atoms with Crippen molar-refractivity contribution in [3.05, 3.63) is 29.8 Å². The largest absolute Gasteiger partial charge is 0.497 e. The minimum atomic E-state index is -3.21. The fraction of sp³-hybridized carbons (Fsp3) is 0.500. The van der Waals surface area contributed by atoms with Crippen LogP contribution in [0.15, 0.2) is 24.3 Å². The normalized spacial score (nSPS) is 19.4. The van der Waals surface area contributed by atoms with Crippen LogP contribution in [0.3, 0.4) is 0 Å². The number of hydrogen-bond acceptors (Lipinski definition) is 4. The SMILES string of the molecule is COc1cccc(C(=O)NCC2CCCN2S(C)(=O)=O)c1. The van der Waals surface area contributed by atoms with E-state index in [9.17, 15) is 13.2 Å². The molecular weight excluding hydrogens is 292 g/mol. The van der Waals surface area contributed by atoms with Crippen molar-refractivity contribution in [1.29, 1.82) is 0 Å². The van der Waals surface area contributed by atoms with Crippen molar-refractivity contribution >= 4 is 15.9 Å². The zero-order valence-electron chi connectivity index (χ0n) is 12.2. The Kier molecular flexibility index (Phi) is 4.84. The Morgan fingerprint density at radius 3 is 2.90 bits per heavy atom. The molecule has 0 saturated carbocycles. The van der Waals surface area contributed by atoms with E-state index in [4.69, 9.17) is 4.74 Å². The molecule has 1 atom stereocenters. The lowest BCUT2D eigenvalue weighted by Gasteiger charge is -2.22. The third-order valence-corrected chi connectivity index (χ3v) is 4.91. The average molecular weight is 312 g/mol. The maximum absolute atomic E-state index is 12.1. The Morgan fingerprint density at radius 2 is 2.24 bits per heavy atom. The summed E-state index contributed by atoms with van der Waals surface area (Å²) in [5.74, 6) is 0.385. The summed E-state index contributed by atoms with van der Waals surface area (Å²) in [6.45, 7) is 0.849. The molecule has 1 fully saturated rings. The molecule has 1 aromatic carbocycles. The number of sulfonamides is 1. The van der Waals surface area contributed by atoms with Gasteiger partial charge in [-0.05, 0) is 31.0 Å². The lowest BCUT2D eigenvalue weighted by atomic mass is 10.2. The van der Waals surface area contributed by atoms with Crippen molar-refractivity contribution in [3.8, 4) is 5.75 Å². The summed E-state index contributed by atoms with van der Waals surface area (Å²) in [6.07, 6.45) is 2.80. The summed E-state index contributed by atoms with van der Waals surface area (Å²) in [5, 5.41) is 2.79. The standard InChI is InChI=1S/C14H20N2O4S/c1-20-13-7-3-5-11(9-13)14(17)15-10-12-6-4-8-16(12)21(2,18)19/h3,5,7,9,12H,4,6,8,10H2,1-2H3,(H,15,17). The van der Waals surface area contributed by atoms with Crippen LogP contribution in [0.25, 0.3) is 0 Å². The van der Waals surface area contributed by atoms with Crippen LogP contribution < -0.4 is 10.1 Å². The molecule has 116 valence electrons. The molecule has 1 heterocycles. The van der Waals surface area contributed by atoms with E-state index in [0.717, 1.165) is 12.8 Å². The van der Waals surface area contributed by atoms with Gasteiger partial charge in [-0.25, -0.2) is 8.42 Å². The van der Waals surface area contributed by atoms with Gasteiger partial charge in [-0.15, -0.1) is 0 Å². The molecule has 1 saturated heterocycles. The van der Waals surface area contributed by atoms with Crippen LogP contribution >= 0.6 is 0 Å². The lowest BCUT2D eigenvalue weighted by molar-refractivity contribution is 0.0946. The van der Waals surface area contributed by atoms with Gasteiger partial charge < -0.3 is 10.1 Å². The van der Waals surface area contributed by atoms with Gasteiger partial charge in [0.1, 0.15) is 5.75 Å². The maximum Gasteiger partial charge on any atom is 0.251 e. The minimum Gasteiger partial charge on any atom is -0.497 e. The number of carbonyl (C=O) groups is 1. The van der Waals surface area contributed by atoms with Crippen molar-refractivity contribution in [2.45, 2.75) is 18.9 Å². The van der Waals surface area contributed by atoms with E-state index in [-0.39, 0.29) is 11.9 Å². The van der Waals surface area contributed by atoms with Crippen LogP contribution in [-0.2, 0) is 10.0 Å². The molecule has 0 spiro atoms. The molecule has 2 rings (SSSR count). The van der Waals surface area contributed by atoms with Crippen molar-refractivity contribution in [2.24, 2.45) is 0 Å². The first kappa shape index (κ1) is 15.8. The molecule has 6 nitrogen and oxygen atoms in total. The van der Waals surface area contributed by atoms with Gasteiger partial charge in [-0.3, -0.25) is 4.79 Å². The Balaban J connectivity index is 1.97. The summed E-state index contributed by atoms with van der Waals surface area (Å²) in [7, 11) is -1.67. The first-order valence-electron chi connectivity index (χ1n) is 6.81. The highest BCUT2D eigenvalue weighted by Gasteiger charge is 2.31. The molecule has 1 aliphatic heterocycles. The summed E-state index contributed by atoms with van der Waals surface area (Å²) < 4.78 is 29.8. The van der Waals surface area contributed by atoms with Gasteiger partial charge in [-0.1, -0.05) is 6.07 Å². The number of nitrogens with one attached hydrogen (secondary N) is 1. The summed E-state index contributed by atoms with van der Waals surface area (Å²) >= 11 is 0. The Labute approximate surface area is 125 Å². The second kappa shape index (κ2) is 6.44. The predicted octanol–water partition coefficient (Wildman–Crippen LogP) is 0.849. The minimum absolute atomic E-state index is 0.158. The number of nitrogens with zero attached hydrogens (tertiary/aromatic N) is 1. The average Bonchev–Trinajstić information content (AvgIpc) is 2.93. The molecule has 1 amide bonds. The summed E-state index contributed by atoms with van der Waals surface area (Å²) in [6, 6.07) is 6.69. The Bertz CT molecular complexity index is 615.